The molecule has 9 heteroatoms. The number of piperazine rings is 1. The number of carbonyl (C=O) groups excluding carboxylic acids is 1. The summed E-state index contributed by atoms with van der Waals surface area (Å²) in [7, 11) is 0. The molecule has 9 nitrogen and oxygen atoms in total. The number of aliphatic hydroxyl groups excluding tert-OH is 1. The topological polar surface area (TPSA) is 112 Å². The van der Waals surface area contributed by atoms with Gasteiger partial charge in [0.1, 0.15) is 0 Å². The number of fused-ring (bicyclic) bond motifs is 1. The third-order valence-corrected chi connectivity index (χ3v) is 4.80. The molecular weight excluding hydrogens is 354 g/mol. The van der Waals surface area contributed by atoms with Crippen molar-refractivity contribution in [1.29, 1.82) is 0 Å². The number of hydrogen-bond acceptors (Lipinski definition) is 7. The number of ether oxygens (including phenoxy) is 2. The molecule has 3 N–H and O–H groups in total. The van der Waals surface area contributed by atoms with Crippen LogP contribution in [0.5, 0.6) is 11.5 Å². The van der Waals surface area contributed by atoms with Gasteiger partial charge >= 0.3 is 5.97 Å². The molecule has 1 aromatic carbocycles. The summed E-state index contributed by atoms with van der Waals surface area (Å²) in [5.41, 5.74) is 0.547. The van der Waals surface area contributed by atoms with Gasteiger partial charge in [0, 0.05) is 57.4 Å². The quantitative estimate of drug-likeness (QED) is 0.581. The molecule has 2 aliphatic rings. The van der Waals surface area contributed by atoms with E-state index in [0.29, 0.717) is 30.3 Å². The molecule has 1 amide bonds. The van der Waals surface area contributed by atoms with Gasteiger partial charge in [-0.2, -0.15) is 0 Å². The van der Waals surface area contributed by atoms with Crippen molar-refractivity contribution in [2.24, 2.45) is 5.92 Å². The van der Waals surface area contributed by atoms with E-state index >= 15 is 0 Å². The highest BCUT2D eigenvalue weighted by atomic mass is 16.7. The van der Waals surface area contributed by atoms with Crippen molar-refractivity contribution in [1.82, 2.24) is 9.80 Å². The van der Waals surface area contributed by atoms with Gasteiger partial charge in [-0.1, -0.05) is 0 Å². The molecule has 0 spiro atoms. The zero-order valence-corrected chi connectivity index (χ0v) is 15.1. The lowest BCUT2D eigenvalue weighted by Gasteiger charge is -2.35. The molecule has 148 valence electrons. The van der Waals surface area contributed by atoms with Crippen LogP contribution in [0, 0.1) is 5.92 Å². The Morgan fingerprint density at radius 1 is 1.11 bits per heavy atom. The SMILES string of the molecule is O=C(CC(CN1CCN(CCO)CC1)C(=O)O)Nc1ccc2c(c1)OCO2. The van der Waals surface area contributed by atoms with E-state index in [-0.39, 0.29) is 25.7 Å². The molecule has 27 heavy (non-hydrogen) atoms. The van der Waals surface area contributed by atoms with Crippen LogP contribution in [0.15, 0.2) is 18.2 Å². The van der Waals surface area contributed by atoms with E-state index in [2.05, 4.69) is 15.1 Å². The Kier molecular flexibility index (Phi) is 6.49. The van der Waals surface area contributed by atoms with Gasteiger partial charge in [0.15, 0.2) is 11.5 Å². The Labute approximate surface area is 157 Å². The van der Waals surface area contributed by atoms with Crippen molar-refractivity contribution in [2.45, 2.75) is 6.42 Å². The summed E-state index contributed by atoms with van der Waals surface area (Å²) < 4.78 is 10.5. The third kappa shape index (κ3) is 5.31. The first-order valence-electron chi connectivity index (χ1n) is 9.03. The van der Waals surface area contributed by atoms with Crippen LogP contribution in [-0.4, -0.2) is 84.6 Å². The fraction of sp³-hybridized carbons (Fsp3) is 0.556. The first-order chi connectivity index (χ1) is 13.0. The molecule has 2 heterocycles. The van der Waals surface area contributed by atoms with E-state index in [4.69, 9.17) is 14.6 Å². The number of nitrogens with one attached hydrogen (secondary N) is 1. The van der Waals surface area contributed by atoms with Crippen LogP contribution in [0.25, 0.3) is 0 Å². The fourth-order valence-electron chi connectivity index (χ4n) is 3.29. The standard InChI is InChI=1S/C18H25N3O6/c22-8-7-20-3-5-21(6-4-20)11-13(18(24)25)9-17(23)19-14-1-2-15-16(10-14)27-12-26-15/h1-2,10,13,22H,3-9,11-12H2,(H,19,23)(H,24,25). The molecular formula is C18H25N3O6. The van der Waals surface area contributed by atoms with E-state index in [1.807, 2.05) is 0 Å². The van der Waals surface area contributed by atoms with Gasteiger partial charge in [-0.3, -0.25) is 19.4 Å². The predicted octanol–water partition coefficient (Wildman–Crippen LogP) is 0.0546. The highest BCUT2D eigenvalue weighted by Crippen LogP contribution is 2.34. The van der Waals surface area contributed by atoms with Crippen LogP contribution in [0.4, 0.5) is 5.69 Å². The first-order valence-corrected chi connectivity index (χ1v) is 9.03. The number of rotatable bonds is 8. The number of nitrogens with zero attached hydrogens (tertiary/aromatic N) is 2. The summed E-state index contributed by atoms with van der Waals surface area (Å²) in [6, 6.07) is 5.07. The van der Waals surface area contributed by atoms with Gasteiger partial charge in [-0.25, -0.2) is 0 Å². The van der Waals surface area contributed by atoms with Crippen LogP contribution < -0.4 is 14.8 Å². The second kappa shape index (κ2) is 9.03. The Balaban J connectivity index is 1.50. The number of benzene rings is 1. The van der Waals surface area contributed by atoms with Crippen molar-refractivity contribution in [3.05, 3.63) is 18.2 Å². The molecule has 0 aromatic heterocycles. The number of anilines is 1. The average molecular weight is 379 g/mol. The van der Waals surface area contributed by atoms with Crippen molar-refractivity contribution >= 4 is 17.6 Å². The minimum Gasteiger partial charge on any atom is -0.481 e. The first kappa shape index (κ1) is 19.4. The second-order valence-electron chi connectivity index (χ2n) is 6.72. The average Bonchev–Trinajstić information content (AvgIpc) is 3.10. The molecule has 0 saturated carbocycles. The number of carbonyl (C=O) groups is 2. The van der Waals surface area contributed by atoms with Gasteiger partial charge in [0.05, 0.1) is 12.5 Å². The third-order valence-electron chi connectivity index (χ3n) is 4.80. The lowest BCUT2D eigenvalue weighted by atomic mass is 10.0. The zero-order valence-electron chi connectivity index (χ0n) is 15.1. The van der Waals surface area contributed by atoms with E-state index < -0.39 is 11.9 Å². The molecule has 3 rings (SSSR count). The Hall–Kier alpha value is -2.36. The van der Waals surface area contributed by atoms with E-state index in [1.165, 1.54) is 0 Å². The minimum atomic E-state index is -0.978. The fourth-order valence-corrected chi connectivity index (χ4v) is 3.29. The zero-order chi connectivity index (χ0) is 19.2. The molecule has 0 aliphatic carbocycles. The summed E-state index contributed by atoms with van der Waals surface area (Å²) >= 11 is 0. The smallest absolute Gasteiger partial charge is 0.308 e. The van der Waals surface area contributed by atoms with Gasteiger partial charge in [0.25, 0.3) is 0 Å². The van der Waals surface area contributed by atoms with Gasteiger partial charge in [-0.15, -0.1) is 0 Å². The monoisotopic (exact) mass is 379 g/mol. The number of carboxylic acids is 1. The highest BCUT2D eigenvalue weighted by molar-refractivity contribution is 5.93. The van der Waals surface area contributed by atoms with Crippen LogP contribution in [0.2, 0.25) is 0 Å². The number of hydrogen-bond donors (Lipinski definition) is 3. The van der Waals surface area contributed by atoms with E-state index in [1.54, 1.807) is 18.2 Å². The maximum atomic E-state index is 12.3. The van der Waals surface area contributed by atoms with Crippen LogP contribution in [0.1, 0.15) is 6.42 Å². The number of aliphatic hydroxyl groups is 1. The highest BCUT2D eigenvalue weighted by Gasteiger charge is 2.26. The van der Waals surface area contributed by atoms with Crippen molar-refractivity contribution in [3.8, 4) is 11.5 Å². The molecule has 1 aromatic rings. The van der Waals surface area contributed by atoms with Crippen molar-refractivity contribution < 1.29 is 29.3 Å². The van der Waals surface area contributed by atoms with Crippen LogP contribution in [-0.2, 0) is 9.59 Å². The Morgan fingerprint density at radius 3 is 2.52 bits per heavy atom. The molecule has 2 aliphatic heterocycles. The summed E-state index contributed by atoms with van der Waals surface area (Å²) in [5, 5.41) is 21.2. The number of carboxylic acid groups (broad SMARTS) is 1. The van der Waals surface area contributed by atoms with Gasteiger partial charge in [0.2, 0.25) is 12.7 Å². The minimum absolute atomic E-state index is 0.0966. The predicted molar refractivity (Wildman–Crippen MR) is 96.9 cm³/mol. The molecule has 1 fully saturated rings. The maximum absolute atomic E-state index is 12.3. The second-order valence-corrected chi connectivity index (χ2v) is 6.72. The van der Waals surface area contributed by atoms with Gasteiger partial charge < -0.3 is 25.0 Å². The number of amides is 1. The Bertz CT molecular complexity index is 675. The molecule has 1 unspecified atom stereocenters. The lowest BCUT2D eigenvalue weighted by molar-refractivity contribution is -0.144. The van der Waals surface area contributed by atoms with E-state index in [0.717, 1.165) is 26.2 Å². The summed E-state index contributed by atoms with van der Waals surface area (Å²) in [6.45, 7) is 4.27. The Morgan fingerprint density at radius 2 is 1.81 bits per heavy atom. The molecule has 0 bridgehead atoms. The van der Waals surface area contributed by atoms with Gasteiger partial charge in [-0.05, 0) is 12.1 Å². The largest absolute Gasteiger partial charge is 0.481 e. The van der Waals surface area contributed by atoms with E-state index in [9.17, 15) is 14.7 Å². The lowest BCUT2D eigenvalue weighted by Crippen LogP contribution is -2.49. The molecule has 1 atom stereocenters. The summed E-state index contributed by atoms with van der Waals surface area (Å²) in [5.74, 6) is -0.919. The number of aliphatic carboxylic acids is 1. The van der Waals surface area contributed by atoms with Crippen molar-refractivity contribution in [2.75, 3.05) is 58.0 Å². The molecule has 1 saturated heterocycles. The number of β-amino-alcohol motifs (C(OH)–C–C–N with tert-alkyl or cyclic N) is 1. The van der Waals surface area contributed by atoms with Crippen LogP contribution in [0.3, 0.4) is 0 Å². The van der Waals surface area contributed by atoms with Crippen molar-refractivity contribution in [3.63, 3.8) is 0 Å². The summed E-state index contributed by atoms with van der Waals surface area (Å²) in [4.78, 5) is 28.1. The molecule has 0 radical (unpaired) electrons. The van der Waals surface area contributed by atoms with Crippen LogP contribution >= 0.6 is 0 Å². The maximum Gasteiger partial charge on any atom is 0.308 e. The summed E-state index contributed by atoms with van der Waals surface area (Å²) in [6.07, 6.45) is -0.0966. The normalized spacial score (nSPS) is 18.3.